The first-order valence-corrected chi connectivity index (χ1v) is 10.2. The Kier molecular flexibility index (Phi) is 5.04. The maximum absolute atomic E-state index is 12.3. The second kappa shape index (κ2) is 6.84. The van der Waals surface area contributed by atoms with Gasteiger partial charge >= 0.3 is 0 Å². The quantitative estimate of drug-likeness (QED) is 0.780. The van der Waals surface area contributed by atoms with E-state index < -0.39 is 9.84 Å². The molecular formula is C15H27N3O3S. The van der Waals surface area contributed by atoms with Gasteiger partial charge in [-0.2, -0.15) is 0 Å². The number of carbonyl (C=O) groups is 1. The number of piperazine rings is 1. The Bertz CT molecular complexity index is 502. The molecule has 1 aliphatic carbocycles. The molecule has 0 bridgehead atoms. The molecule has 2 aliphatic heterocycles. The zero-order valence-corrected chi connectivity index (χ0v) is 14.0. The first-order chi connectivity index (χ1) is 10.6. The number of amides is 1. The molecule has 1 amide bonds. The normalized spacial score (nSPS) is 32.5. The van der Waals surface area contributed by atoms with Crippen molar-refractivity contribution in [2.24, 2.45) is 0 Å². The van der Waals surface area contributed by atoms with Gasteiger partial charge in [0.1, 0.15) is 0 Å². The van der Waals surface area contributed by atoms with Crippen LogP contribution in [0, 0.1) is 0 Å². The molecule has 0 spiro atoms. The zero-order chi connectivity index (χ0) is 15.6. The number of rotatable bonds is 3. The first kappa shape index (κ1) is 16.2. The van der Waals surface area contributed by atoms with Crippen molar-refractivity contribution < 1.29 is 13.2 Å². The van der Waals surface area contributed by atoms with Gasteiger partial charge in [-0.15, -0.1) is 0 Å². The molecule has 1 saturated carbocycles. The van der Waals surface area contributed by atoms with Crippen LogP contribution in [0.3, 0.4) is 0 Å². The van der Waals surface area contributed by atoms with Gasteiger partial charge in [0.25, 0.3) is 0 Å². The number of nitrogens with zero attached hydrogens (tertiary/aromatic N) is 2. The van der Waals surface area contributed by atoms with Crippen molar-refractivity contribution in [3.8, 4) is 0 Å². The molecule has 0 radical (unpaired) electrons. The van der Waals surface area contributed by atoms with Crippen LogP contribution in [0.2, 0.25) is 0 Å². The number of hydrogen-bond acceptors (Lipinski definition) is 5. The molecule has 1 N–H and O–H groups in total. The van der Waals surface area contributed by atoms with Crippen LogP contribution in [0.25, 0.3) is 0 Å². The number of sulfone groups is 1. The van der Waals surface area contributed by atoms with Crippen LogP contribution in [-0.2, 0) is 14.6 Å². The minimum atomic E-state index is -2.92. The maximum atomic E-state index is 12.3. The lowest BCUT2D eigenvalue weighted by molar-refractivity contribution is -0.132. The monoisotopic (exact) mass is 329 g/mol. The third-order valence-electron chi connectivity index (χ3n) is 5.34. The summed E-state index contributed by atoms with van der Waals surface area (Å²) in [6.45, 7) is 4.63. The van der Waals surface area contributed by atoms with Gasteiger partial charge in [-0.3, -0.25) is 9.69 Å². The van der Waals surface area contributed by atoms with E-state index >= 15 is 0 Å². The Morgan fingerprint density at radius 1 is 1.09 bits per heavy atom. The molecule has 126 valence electrons. The van der Waals surface area contributed by atoms with E-state index in [9.17, 15) is 13.2 Å². The molecular weight excluding hydrogens is 302 g/mol. The molecule has 2 atom stereocenters. The Balaban J connectivity index is 1.56. The lowest BCUT2D eigenvalue weighted by Gasteiger charge is -2.43. The van der Waals surface area contributed by atoms with E-state index in [0.717, 1.165) is 51.9 Å². The zero-order valence-electron chi connectivity index (χ0n) is 13.2. The topological polar surface area (TPSA) is 69.7 Å². The summed E-state index contributed by atoms with van der Waals surface area (Å²) in [6.07, 6.45) is 4.41. The van der Waals surface area contributed by atoms with Gasteiger partial charge in [-0.05, 0) is 12.8 Å². The predicted molar refractivity (Wildman–Crippen MR) is 85.5 cm³/mol. The predicted octanol–water partition coefficient (Wildman–Crippen LogP) is -0.150. The minimum absolute atomic E-state index is 0.142. The second-order valence-corrected chi connectivity index (χ2v) is 9.01. The lowest BCUT2D eigenvalue weighted by Crippen LogP contribution is -2.56. The van der Waals surface area contributed by atoms with Crippen LogP contribution >= 0.6 is 0 Å². The third-order valence-corrected chi connectivity index (χ3v) is 7.57. The molecule has 2 unspecified atom stereocenters. The summed E-state index contributed by atoms with van der Waals surface area (Å²) in [4.78, 5) is 16.5. The van der Waals surface area contributed by atoms with Gasteiger partial charge < -0.3 is 10.2 Å². The highest BCUT2D eigenvalue weighted by Gasteiger charge is 2.42. The average Bonchev–Trinajstić information content (AvgIpc) is 2.55. The highest BCUT2D eigenvalue weighted by molar-refractivity contribution is 7.92. The van der Waals surface area contributed by atoms with Crippen molar-refractivity contribution in [3.05, 3.63) is 0 Å². The summed E-state index contributed by atoms with van der Waals surface area (Å²) in [5.74, 6) is 0.470. The average molecular weight is 329 g/mol. The summed E-state index contributed by atoms with van der Waals surface area (Å²) >= 11 is 0. The molecule has 3 rings (SSSR count). The van der Waals surface area contributed by atoms with Gasteiger partial charge in [-0.25, -0.2) is 8.42 Å². The van der Waals surface area contributed by atoms with Crippen molar-refractivity contribution in [2.45, 2.75) is 43.4 Å². The molecule has 6 nitrogen and oxygen atoms in total. The van der Waals surface area contributed by atoms with Crippen molar-refractivity contribution in [3.63, 3.8) is 0 Å². The molecule has 3 fully saturated rings. The largest absolute Gasteiger partial charge is 0.340 e. The fraction of sp³-hybridized carbons (Fsp3) is 0.933. The molecule has 0 aromatic heterocycles. The number of hydrogen-bond donors (Lipinski definition) is 1. The van der Waals surface area contributed by atoms with Crippen molar-refractivity contribution in [1.29, 1.82) is 0 Å². The second-order valence-electron chi connectivity index (χ2n) is 6.67. The highest BCUT2D eigenvalue weighted by atomic mass is 32.2. The van der Waals surface area contributed by atoms with Crippen LogP contribution in [0.1, 0.15) is 32.1 Å². The fourth-order valence-electron chi connectivity index (χ4n) is 4.06. The fourth-order valence-corrected chi connectivity index (χ4v) is 6.17. The molecule has 0 aromatic rings. The number of carbonyl (C=O) groups excluding carboxylic acids is 1. The lowest BCUT2D eigenvalue weighted by atomic mass is 9.93. The molecule has 3 aliphatic rings. The Morgan fingerprint density at radius 2 is 1.82 bits per heavy atom. The number of nitrogens with one attached hydrogen (secondary N) is 1. The van der Waals surface area contributed by atoms with Crippen molar-refractivity contribution in [2.75, 3.05) is 45.0 Å². The first-order valence-electron chi connectivity index (χ1n) is 8.52. The molecule has 7 heteroatoms. The van der Waals surface area contributed by atoms with Gasteiger partial charge in [-0.1, -0.05) is 12.8 Å². The van der Waals surface area contributed by atoms with E-state index in [1.165, 1.54) is 0 Å². The van der Waals surface area contributed by atoms with Crippen LogP contribution in [-0.4, -0.2) is 80.4 Å². The molecule has 2 heterocycles. The third kappa shape index (κ3) is 3.46. The van der Waals surface area contributed by atoms with E-state index in [-0.39, 0.29) is 23.0 Å². The van der Waals surface area contributed by atoms with Crippen molar-refractivity contribution >= 4 is 15.7 Å². The van der Waals surface area contributed by atoms with E-state index in [2.05, 4.69) is 10.2 Å². The van der Waals surface area contributed by atoms with Gasteiger partial charge in [0.15, 0.2) is 9.84 Å². The summed E-state index contributed by atoms with van der Waals surface area (Å²) in [7, 11) is -2.92. The van der Waals surface area contributed by atoms with E-state index in [0.29, 0.717) is 19.5 Å². The van der Waals surface area contributed by atoms with Gasteiger partial charge in [0.2, 0.25) is 5.91 Å². The SMILES string of the molecule is O=C(CCN1CCS(=O)(=O)C2CCCCC21)N1CCNCC1. The minimum Gasteiger partial charge on any atom is -0.340 e. The Labute approximate surface area is 133 Å². The van der Waals surface area contributed by atoms with Crippen molar-refractivity contribution in [1.82, 2.24) is 15.1 Å². The van der Waals surface area contributed by atoms with E-state index in [4.69, 9.17) is 0 Å². The Morgan fingerprint density at radius 3 is 2.59 bits per heavy atom. The maximum Gasteiger partial charge on any atom is 0.223 e. The summed E-state index contributed by atoms with van der Waals surface area (Å²) in [5.41, 5.74) is 0. The highest BCUT2D eigenvalue weighted by Crippen LogP contribution is 2.32. The van der Waals surface area contributed by atoms with E-state index in [1.807, 2.05) is 4.90 Å². The van der Waals surface area contributed by atoms with Crippen LogP contribution in [0.5, 0.6) is 0 Å². The summed E-state index contributed by atoms with van der Waals surface area (Å²) in [6, 6.07) is 0.142. The van der Waals surface area contributed by atoms with Gasteiger partial charge in [0.05, 0.1) is 11.0 Å². The molecule has 0 aromatic carbocycles. The van der Waals surface area contributed by atoms with Crippen LogP contribution in [0.15, 0.2) is 0 Å². The Hall–Kier alpha value is -0.660. The van der Waals surface area contributed by atoms with Crippen LogP contribution < -0.4 is 5.32 Å². The smallest absolute Gasteiger partial charge is 0.223 e. The molecule has 22 heavy (non-hydrogen) atoms. The van der Waals surface area contributed by atoms with Crippen LogP contribution in [0.4, 0.5) is 0 Å². The number of fused-ring (bicyclic) bond motifs is 1. The molecule has 2 saturated heterocycles. The summed E-state index contributed by atoms with van der Waals surface area (Å²) in [5, 5.41) is 3.06. The summed E-state index contributed by atoms with van der Waals surface area (Å²) < 4.78 is 24.5. The van der Waals surface area contributed by atoms with E-state index in [1.54, 1.807) is 0 Å². The standard InChI is InChI=1S/C15H27N3O3S/c19-15(18-9-6-16-7-10-18)5-8-17-11-12-22(20,21)14-4-2-1-3-13(14)17/h13-14,16H,1-12H2. The van der Waals surface area contributed by atoms with Gasteiger partial charge in [0, 0.05) is 51.7 Å².